The van der Waals surface area contributed by atoms with Gasteiger partial charge in [-0.1, -0.05) is 56.6 Å². The molecule has 2 aromatic carbocycles. The number of aryl methyl sites for hydroxylation is 1. The quantitative estimate of drug-likeness (QED) is 0.466. The SMILES string of the molecule is CC[C@H](C)N(Cc1ccc(OS(=O)(=O)c2c(C)cccc2Cl)cc1)C(=O)CC(C)C. The number of amides is 1. The van der Waals surface area contributed by atoms with E-state index in [1.807, 2.05) is 25.7 Å². The summed E-state index contributed by atoms with van der Waals surface area (Å²) in [4.78, 5) is 14.5. The summed E-state index contributed by atoms with van der Waals surface area (Å²) in [5.41, 5.74) is 1.43. The van der Waals surface area contributed by atoms with Crippen LogP contribution in [0.5, 0.6) is 5.75 Å². The molecule has 0 heterocycles. The van der Waals surface area contributed by atoms with Crippen LogP contribution < -0.4 is 4.18 Å². The summed E-state index contributed by atoms with van der Waals surface area (Å²) in [6.07, 6.45) is 1.36. The molecule has 0 radical (unpaired) electrons. The van der Waals surface area contributed by atoms with Crippen molar-refractivity contribution in [2.45, 2.75) is 64.9 Å². The van der Waals surface area contributed by atoms with Gasteiger partial charge in [0, 0.05) is 19.0 Å². The van der Waals surface area contributed by atoms with Crippen LogP contribution in [0.25, 0.3) is 0 Å². The van der Waals surface area contributed by atoms with Gasteiger partial charge in [0.2, 0.25) is 5.91 Å². The average Bonchev–Trinajstić information content (AvgIpc) is 2.65. The van der Waals surface area contributed by atoms with Gasteiger partial charge in [-0.2, -0.15) is 8.42 Å². The van der Waals surface area contributed by atoms with E-state index < -0.39 is 10.1 Å². The summed E-state index contributed by atoms with van der Waals surface area (Å²) in [6.45, 7) is 10.3. The van der Waals surface area contributed by atoms with E-state index in [-0.39, 0.29) is 27.6 Å². The molecule has 0 spiro atoms. The van der Waals surface area contributed by atoms with E-state index in [9.17, 15) is 13.2 Å². The number of carbonyl (C=O) groups is 1. The lowest BCUT2D eigenvalue weighted by molar-refractivity contribution is -0.134. The van der Waals surface area contributed by atoms with Gasteiger partial charge in [-0.3, -0.25) is 4.79 Å². The van der Waals surface area contributed by atoms with Crippen LogP contribution in [0.3, 0.4) is 0 Å². The maximum absolute atomic E-state index is 12.7. The molecule has 0 aromatic heterocycles. The van der Waals surface area contributed by atoms with E-state index in [0.717, 1.165) is 12.0 Å². The number of carbonyl (C=O) groups excluding carboxylic acids is 1. The van der Waals surface area contributed by atoms with Crippen molar-refractivity contribution in [3.05, 3.63) is 58.6 Å². The highest BCUT2D eigenvalue weighted by Crippen LogP contribution is 2.28. The van der Waals surface area contributed by atoms with Gasteiger partial charge in [0.25, 0.3) is 0 Å². The van der Waals surface area contributed by atoms with Crippen LogP contribution in [0.1, 0.15) is 51.7 Å². The van der Waals surface area contributed by atoms with Crippen LogP contribution in [-0.2, 0) is 21.5 Å². The van der Waals surface area contributed by atoms with E-state index in [2.05, 4.69) is 6.92 Å². The lowest BCUT2D eigenvalue weighted by atomic mass is 10.1. The van der Waals surface area contributed by atoms with Gasteiger partial charge in [-0.05, 0) is 55.5 Å². The van der Waals surface area contributed by atoms with Crippen LogP contribution in [0, 0.1) is 12.8 Å². The molecular formula is C23H30ClNO4S. The maximum Gasteiger partial charge on any atom is 0.340 e. The average molecular weight is 452 g/mol. The van der Waals surface area contributed by atoms with E-state index in [4.69, 9.17) is 15.8 Å². The zero-order valence-corrected chi connectivity index (χ0v) is 19.8. The van der Waals surface area contributed by atoms with E-state index in [1.54, 1.807) is 43.3 Å². The summed E-state index contributed by atoms with van der Waals surface area (Å²) in [5, 5.41) is 0.125. The molecule has 0 bridgehead atoms. The molecule has 164 valence electrons. The highest BCUT2D eigenvalue weighted by atomic mass is 35.5. The summed E-state index contributed by atoms with van der Waals surface area (Å²) in [5.74, 6) is 0.608. The van der Waals surface area contributed by atoms with Crippen molar-refractivity contribution >= 4 is 27.6 Å². The minimum atomic E-state index is -4.05. The van der Waals surface area contributed by atoms with Crippen molar-refractivity contribution in [3.63, 3.8) is 0 Å². The zero-order valence-electron chi connectivity index (χ0n) is 18.2. The lowest BCUT2D eigenvalue weighted by Gasteiger charge is -2.29. The molecule has 0 unspecified atom stereocenters. The van der Waals surface area contributed by atoms with Gasteiger partial charge < -0.3 is 9.08 Å². The van der Waals surface area contributed by atoms with E-state index in [1.165, 1.54) is 6.07 Å². The van der Waals surface area contributed by atoms with Crippen molar-refractivity contribution in [1.29, 1.82) is 0 Å². The third-order valence-corrected chi connectivity index (χ3v) is 6.80. The van der Waals surface area contributed by atoms with Gasteiger partial charge in [0.1, 0.15) is 10.6 Å². The Labute approximate surface area is 185 Å². The maximum atomic E-state index is 12.7. The summed E-state index contributed by atoms with van der Waals surface area (Å²) in [6, 6.07) is 11.8. The fraction of sp³-hybridized carbons (Fsp3) is 0.435. The second kappa shape index (κ2) is 10.3. The van der Waals surface area contributed by atoms with Crippen molar-refractivity contribution < 1.29 is 17.4 Å². The van der Waals surface area contributed by atoms with Crippen molar-refractivity contribution in [2.75, 3.05) is 0 Å². The minimum Gasteiger partial charge on any atom is -0.379 e. The number of hydrogen-bond acceptors (Lipinski definition) is 4. The third-order valence-electron chi connectivity index (χ3n) is 4.92. The Balaban J connectivity index is 2.18. The standard InChI is InChI=1S/C23H30ClNO4S/c1-6-18(5)25(22(26)14-16(2)3)15-19-10-12-20(13-11-19)29-30(27,28)23-17(4)8-7-9-21(23)24/h7-13,16,18H,6,14-15H2,1-5H3/t18-/m0/s1. The fourth-order valence-corrected chi connectivity index (χ4v) is 4.85. The molecule has 1 atom stereocenters. The number of hydrogen-bond donors (Lipinski definition) is 0. The summed E-state index contributed by atoms with van der Waals surface area (Å²) >= 11 is 6.08. The first-order valence-corrected chi connectivity index (χ1v) is 11.9. The Bertz CT molecular complexity index is 951. The number of halogens is 1. The second-order valence-corrected chi connectivity index (χ2v) is 9.83. The molecule has 0 N–H and O–H groups in total. The van der Waals surface area contributed by atoms with Crippen molar-refractivity contribution in [3.8, 4) is 5.75 Å². The first kappa shape index (κ1) is 24.2. The van der Waals surface area contributed by atoms with E-state index >= 15 is 0 Å². The Morgan fingerprint density at radius 3 is 2.27 bits per heavy atom. The highest BCUT2D eigenvalue weighted by Gasteiger charge is 2.23. The highest BCUT2D eigenvalue weighted by molar-refractivity contribution is 7.87. The number of rotatable bonds is 9. The lowest BCUT2D eigenvalue weighted by Crippen LogP contribution is -2.38. The van der Waals surface area contributed by atoms with E-state index in [0.29, 0.717) is 24.4 Å². The molecule has 5 nitrogen and oxygen atoms in total. The fourth-order valence-electron chi connectivity index (χ4n) is 3.13. The Hall–Kier alpha value is -2.05. The Kier molecular flexibility index (Phi) is 8.33. The van der Waals surface area contributed by atoms with Gasteiger partial charge in [-0.25, -0.2) is 0 Å². The normalized spacial score (nSPS) is 12.6. The van der Waals surface area contributed by atoms with Gasteiger partial charge in [0.15, 0.2) is 0 Å². The Morgan fingerprint density at radius 2 is 1.73 bits per heavy atom. The molecule has 2 aromatic rings. The largest absolute Gasteiger partial charge is 0.379 e. The summed E-state index contributed by atoms with van der Waals surface area (Å²) < 4.78 is 30.6. The number of nitrogens with zero attached hydrogens (tertiary/aromatic N) is 1. The monoisotopic (exact) mass is 451 g/mol. The van der Waals surface area contributed by atoms with Crippen LogP contribution >= 0.6 is 11.6 Å². The van der Waals surface area contributed by atoms with Crippen LogP contribution in [0.15, 0.2) is 47.4 Å². The predicted octanol–water partition coefficient (Wildman–Crippen LogP) is 5.59. The molecule has 30 heavy (non-hydrogen) atoms. The number of benzene rings is 2. The van der Waals surface area contributed by atoms with Crippen molar-refractivity contribution in [2.24, 2.45) is 5.92 Å². The Morgan fingerprint density at radius 1 is 1.10 bits per heavy atom. The van der Waals surface area contributed by atoms with Crippen LogP contribution in [0.4, 0.5) is 0 Å². The molecule has 0 saturated heterocycles. The smallest absolute Gasteiger partial charge is 0.340 e. The molecule has 0 fully saturated rings. The first-order chi connectivity index (χ1) is 14.0. The second-order valence-electron chi connectivity index (χ2n) is 7.94. The molecular weight excluding hydrogens is 422 g/mol. The van der Waals surface area contributed by atoms with Gasteiger partial charge in [-0.15, -0.1) is 0 Å². The molecule has 2 rings (SSSR count). The van der Waals surface area contributed by atoms with Gasteiger partial charge >= 0.3 is 10.1 Å². The minimum absolute atomic E-state index is 0.0297. The first-order valence-electron chi connectivity index (χ1n) is 10.1. The van der Waals surface area contributed by atoms with Crippen molar-refractivity contribution in [1.82, 2.24) is 4.90 Å². The predicted molar refractivity (Wildman–Crippen MR) is 120 cm³/mol. The summed E-state index contributed by atoms with van der Waals surface area (Å²) in [7, 11) is -4.05. The molecule has 7 heteroatoms. The topological polar surface area (TPSA) is 63.7 Å². The zero-order chi connectivity index (χ0) is 22.5. The molecule has 1 amide bonds. The molecule has 0 aliphatic heterocycles. The van der Waals surface area contributed by atoms with Crippen LogP contribution in [0.2, 0.25) is 5.02 Å². The third kappa shape index (κ3) is 6.22. The van der Waals surface area contributed by atoms with Crippen LogP contribution in [-0.4, -0.2) is 25.3 Å². The van der Waals surface area contributed by atoms with Gasteiger partial charge in [0.05, 0.1) is 5.02 Å². The molecule has 0 saturated carbocycles. The molecule has 0 aliphatic rings. The molecule has 0 aliphatic carbocycles.